The molecule has 1 aliphatic heterocycles. The summed E-state index contributed by atoms with van der Waals surface area (Å²) in [6.45, 7) is -0.427. The van der Waals surface area contributed by atoms with E-state index in [1.165, 1.54) is 17.4 Å². The molecule has 4 unspecified atom stereocenters. The van der Waals surface area contributed by atoms with Crippen molar-refractivity contribution in [3.63, 3.8) is 0 Å². The van der Waals surface area contributed by atoms with E-state index in [-0.39, 0.29) is 25.8 Å². The molecule has 0 aliphatic carbocycles. The number of carboxylic acid groups (broad SMARTS) is 2. The van der Waals surface area contributed by atoms with Crippen LogP contribution in [0.4, 0.5) is 0 Å². The normalized spacial score (nSPS) is 18.2. The fourth-order valence-electron chi connectivity index (χ4n) is 3.47. The second-order valence-corrected chi connectivity index (χ2v) is 7.65. The second-order valence-electron chi connectivity index (χ2n) is 7.65. The standard InChI is InChI=1S/C19H28N6O8/c20-11(8-26)16(29)24-13(6-10-7-21-9-22-10)18(31)25-5-1-2-14(25)17(30)23-12(19(32)33)3-4-15(27)28/h7,9,11-14,26H,1-6,8,20H2,(H,21,22)(H,23,30)(H,24,29)(H,27,28)(H,32,33). The monoisotopic (exact) mass is 468 g/mol. The molecule has 1 aromatic heterocycles. The Morgan fingerprint density at radius 1 is 1.21 bits per heavy atom. The van der Waals surface area contributed by atoms with Crippen LogP contribution in [0.25, 0.3) is 0 Å². The molecule has 0 spiro atoms. The maximum atomic E-state index is 13.3. The van der Waals surface area contributed by atoms with Crippen molar-refractivity contribution in [3.05, 3.63) is 18.2 Å². The zero-order chi connectivity index (χ0) is 24.5. The minimum absolute atomic E-state index is 0.0178. The molecule has 1 aromatic rings. The Kier molecular flexibility index (Phi) is 9.30. The second kappa shape index (κ2) is 11.9. The molecule has 0 aromatic carbocycles. The van der Waals surface area contributed by atoms with Crippen molar-refractivity contribution in [2.45, 2.75) is 56.3 Å². The molecule has 1 fully saturated rings. The number of rotatable bonds is 12. The number of likely N-dealkylation sites (tertiary alicyclic amines) is 1. The van der Waals surface area contributed by atoms with Crippen LogP contribution >= 0.6 is 0 Å². The van der Waals surface area contributed by atoms with Gasteiger partial charge in [-0.1, -0.05) is 0 Å². The Morgan fingerprint density at radius 3 is 2.52 bits per heavy atom. The smallest absolute Gasteiger partial charge is 0.326 e. The molecule has 33 heavy (non-hydrogen) atoms. The Bertz CT molecular complexity index is 860. The van der Waals surface area contributed by atoms with Gasteiger partial charge in [0, 0.05) is 31.3 Å². The SMILES string of the molecule is NC(CO)C(=O)NC(Cc1cnc[nH]1)C(=O)N1CCCC1C(=O)NC(CCC(=O)O)C(=O)O. The largest absolute Gasteiger partial charge is 0.481 e. The first-order valence-electron chi connectivity index (χ1n) is 10.3. The highest BCUT2D eigenvalue weighted by Gasteiger charge is 2.39. The highest BCUT2D eigenvalue weighted by Crippen LogP contribution is 2.20. The van der Waals surface area contributed by atoms with E-state index in [0.29, 0.717) is 12.1 Å². The Hall–Kier alpha value is -3.52. The number of hydrogen-bond donors (Lipinski definition) is 7. The van der Waals surface area contributed by atoms with Crippen molar-refractivity contribution in [2.24, 2.45) is 5.73 Å². The van der Waals surface area contributed by atoms with Crippen LogP contribution in [0.1, 0.15) is 31.4 Å². The van der Waals surface area contributed by atoms with E-state index in [4.69, 9.17) is 15.9 Å². The van der Waals surface area contributed by atoms with Gasteiger partial charge < -0.3 is 41.6 Å². The highest BCUT2D eigenvalue weighted by atomic mass is 16.4. The van der Waals surface area contributed by atoms with Gasteiger partial charge in [0.25, 0.3) is 0 Å². The summed E-state index contributed by atoms with van der Waals surface area (Å²) in [6.07, 6.45) is 2.85. The van der Waals surface area contributed by atoms with Gasteiger partial charge in [-0.2, -0.15) is 0 Å². The van der Waals surface area contributed by atoms with E-state index in [2.05, 4.69) is 20.6 Å². The van der Waals surface area contributed by atoms with Crippen molar-refractivity contribution in [3.8, 4) is 0 Å². The van der Waals surface area contributed by atoms with Gasteiger partial charge in [0.1, 0.15) is 24.2 Å². The first-order valence-corrected chi connectivity index (χ1v) is 10.3. The summed E-state index contributed by atoms with van der Waals surface area (Å²) >= 11 is 0. The lowest BCUT2D eigenvalue weighted by molar-refractivity contribution is -0.145. The summed E-state index contributed by atoms with van der Waals surface area (Å²) in [5.41, 5.74) is 6.06. The van der Waals surface area contributed by atoms with Crippen LogP contribution in [0.3, 0.4) is 0 Å². The molecule has 2 rings (SSSR count). The number of hydrogen-bond acceptors (Lipinski definition) is 8. The third kappa shape index (κ3) is 7.25. The van der Waals surface area contributed by atoms with Crippen molar-refractivity contribution in [1.82, 2.24) is 25.5 Å². The number of H-pyrrole nitrogens is 1. The molecule has 1 aliphatic rings. The molecular weight excluding hydrogens is 440 g/mol. The fourth-order valence-corrected chi connectivity index (χ4v) is 3.47. The topological polar surface area (TPSA) is 228 Å². The predicted molar refractivity (Wildman–Crippen MR) is 110 cm³/mol. The number of carbonyl (C=O) groups is 5. The average molecular weight is 468 g/mol. The zero-order valence-corrected chi connectivity index (χ0v) is 17.8. The highest BCUT2D eigenvalue weighted by molar-refractivity contribution is 5.94. The molecule has 2 heterocycles. The summed E-state index contributed by atoms with van der Waals surface area (Å²) in [7, 11) is 0. The first kappa shape index (κ1) is 25.7. The van der Waals surface area contributed by atoms with Crippen LogP contribution < -0.4 is 16.4 Å². The third-order valence-corrected chi connectivity index (χ3v) is 5.23. The van der Waals surface area contributed by atoms with Crippen molar-refractivity contribution in [1.29, 1.82) is 0 Å². The van der Waals surface area contributed by atoms with Crippen LogP contribution in [0, 0.1) is 0 Å². The number of nitrogens with zero attached hydrogens (tertiary/aromatic N) is 2. The molecule has 14 heteroatoms. The van der Waals surface area contributed by atoms with E-state index in [1.54, 1.807) is 0 Å². The molecule has 0 bridgehead atoms. The van der Waals surface area contributed by atoms with Gasteiger partial charge in [0.15, 0.2) is 0 Å². The lowest BCUT2D eigenvalue weighted by atomic mass is 10.1. The summed E-state index contributed by atoms with van der Waals surface area (Å²) in [5, 5.41) is 31.9. The quantitative estimate of drug-likeness (QED) is 0.166. The van der Waals surface area contributed by atoms with E-state index in [0.717, 1.165) is 0 Å². The molecule has 4 atom stereocenters. The van der Waals surface area contributed by atoms with Crippen LogP contribution in [0.15, 0.2) is 12.5 Å². The average Bonchev–Trinajstić information content (AvgIpc) is 3.46. The molecule has 0 saturated carbocycles. The Balaban J connectivity index is 2.15. The predicted octanol–water partition coefficient (Wildman–Crippen LogP) is -2.82. The van der Waals surface area contributed by atoms with Crippen LogP contribution in [-0.2, 0) is 30.4 Å². The van der Waals surface area contributed by atoms with Crippen LogP contribution in [0.2, 0.25) is 0 Å². The summed E-state index contributed by atoms with van der Waals surface area (Å²) in [6, 6.07) is -4.78. The number of nitrogens with one attached hydrogen (secondary N) is 3. The molecule has 182 valence electrons. The number of imidazole rings is 1. The molecular formula is C19H28N6O8. The third-order valence-electron chi connectivity index (χ3n) is 5.23. The van der Waals surface area contributed by atoms with Gasteiger partial charge in [-0.25, -0.2) is 9.78 Å². The number of nitrogens with two attached hydrogens (primary N) is 1. The zero-order valence-electron chi connectivity index (χ0n) is 17.8. The summed E-state index contributed by atoms with van der Waals surface area (Å²) < 4.78 is 0. The maximum Gasteiger partial charge on any atom is 0.326 e. The number of aliphatic carboxylic acids is 2. The number of aromatic nitrogens is 2. The first-order chi connectivity index (χ1) is 15.6. The van der Waals surface area contributed by atoms with Gasteiger partial charge >= 0.3 is 11.9 Å². The number of carbonyl (C=O) groups excluding carboxylic acids is 3. The minimum atomic E-state index is -1.42. The van der Waals surface area contributed by atoms with E-state index < -0.39 is 66.9 Å². The van der Waals surface area contributed by atoms with Crippen molar-refractivity contribution < 1.29 is 39.3 Å². The lowest BCUT2D eigenvalue weighted by Crippen LogP contribution is -2.57. The number of aliphatic hydroxyl groups excluding tert-OH is 1. The number of aliphatic hydroxyl groups is 1. The van der Waals surface area contributed by atoms with Gasteiger partial charge in [0.2, 0.25) is 17.7 Å². The minimum Gasteiger partial charge on any atom is -0.481 e. The van der Waals surface area contributed by atoms with Crippen LogP contribution in [0.5, 0.6) is 0 Å². The molecule has 3 amide bonds. The molecule has 14 nitrogen and oxygen atoms in total. The molecule has 1 saturated heterocycles. The van der Waals surface area contributed by atoms with Gasteiger partial charge in [0.05, 0.1) is 12.9 Å². The summed E-state index contributed by atoms with van der Waals surface area (Å²) in [5.74, 6) is -4.65. The van der Waals surface area contributed by atoms with Crippen molar-refractivity contribution in [2.75, 3.05) is 13.2 Å². The van der Waals surface area contributed by atoms with Gasteiger partial charge in [-0.05, 0) is 19.3 Å². The fraction of sp³-hybridized carbons (Fsp3) is 0.579. The Morgan fingerprint density at radius 2 is 1.94 bits per heavy atom. The Labute approximate surface area is 188 Å². The van der Waals surface area contributed by atoms with Crippen LogP contribution in [-0.4, -0.2) is 97.2 Å². The summed E-state index contributed by atoms with van der Waals surface area (Å²) in [4.78, 5) is 68.3. The van der Waals surface area contributed by atoms with Gasteiger partial charge in [-0.3, -0.25) is 19.2 Å². The van der Waals surface area contributed by atoms with E-state index >= 15 is 0 Å². The van der Waals surface area contributed by atoms with Crippen molar-refractivity contribution >= 4 is 29.7 Å². The van der Waals surface area contributed by atoms with E-state index in [1.807, 2.05) is 0 Å². The lowest BCUT2D eigenvalue weighted by Gasteiger charge is -2.29. The molecule has 0 radical (unpaired) electrons. The number of amides is 3. The maximum absolute atomic E-state index is 13.3. The molecule has 8 N–H and O–H groups in total. The number of carboxylic acids is 2. The number of aromatic amines is 1. The van der Waals surface area contributed by atoms with E-state index in [9.17, 15) is 29.1 Å². The van der Waals surface area contributed by atoms with Gasteiger partial charge in [-0.15, -0.1) is 0 Å².